The van der Waals surface area contributed by atoms with Gasteiger partial charge in [0, 0.05) is 18.8 Å². The molecule has 3 amide bonds. The standard InChI is InChI=1S/C23H18N4O4/c28-19(13-27-22(29)16-6-1-2-7-17(16)23(27)30)26-12-15-11-14-5-3-8-18(20(14)31-15)21-24-9-4-10-25-21/h1-10,15H,11-13H2,(H,26,28). The first-order chi connectivity index (χ1) is 15.1. The van der Waals surface area contributed by atoms with E-state index in [0.29, 0.717) is 29.1 Å². The van der Waals surface area contributed by atoms with Crippen molar-refractivity contribution in [1.82, 2.24) is 20.2 Å². The van der Waals surface area contributed by atoms with Crippen LogP contribution in [0.3, 0.4) is 0 Å². The molecule has 2 aliphatic rings. The molecule has 2 aliphatic heterocycles. The molecule has 1 aromatic heterocycles. The molecule has 0 radical (unpaired) electrons. The van der Waals surface area contributed by atoms with Gasteiger partial charge in [-0.3, -0.25) is 19.3 Å². The quantitative estimate of drug-likeness (QED) is 0.640. The number of para-hydroxylation sites is 1. The fraction of sp³-hybridized carbons (Fsp3) is 0.174. The van der Waals surface area contributed by atoms with Crippen LogP contribution in [0.1, 0.15) is 26.3 Å². The predicted octanol–water partition coefficient (Wildman–Crippen LogP) is 1.86. The maximum absolute atomic E-state index is 12.4. The van der Waals surface area contributed by atoms with E-state index in [9.17, 15) is 14.4 Å². The van der Waals surface area contributed by atoms with Crippen molar-refractivity contribution in [3.8, 4) is 17.1 Å². The number of nitrogens with one attached hydrogen (secondary N) is 1. The van der Waals surface area contributed by atoms with Crippen LogP contribution in [-0.4, -0.2) is 51.8 Å². The Morgan fingerprint density at radius 2 is 1.65 bits per heavy atom. The second kappa shape index (κ2) is 7.64. The van der Waals surface area contributed by atoms with Gasteiger partial charge in [0.05, 0.1) is 23.2 Å². The van der Waals surface area contributed by atoms with Crippen molar-refractivity contribution in [1.29, 1.82) is 0 Å². The number of amides is 3. The molecule has 0 saturated heterocycles. The minimum Gasteiger partial charge on any atom is -0.487 e. The van der Waals surface area contributed by atoms with E-state index in [0.717, 1.165) is 16.0 Å². The molecule has 8 heteroatoms. The van der Waals surface area contributed by atoms with Gasteiger partial charge in [-0.05, 0) is 29.8 Å². The molecule has 3 heterocycles. The van der Waals surface area contributed by atoms with Crippen LogP contribution in [-0.2, 0) is 11.2 Å². The van der Waals surface area contributed by atoms with Crippen LogP contribution in [0.5, 0.6) is 5.75 Å². The number of aromatic nitrogens is 2. The van der Waals surface area contributed by atoms with Crippen LogP contribution in [0.4, 0.5) is 0 Å². The number of imide groups is 1. The highest BCUT2D eigenvalue weighted by Gasteiger charge is 2.36. The zero-order valence-electron chi connectivity index (χ0n) is 16.4. The molecule has 3 aromatic rings. The minimum atomic E-state index is -0.451. The maximum atomic E-state index is 12.4. The van der Waals surface area contributed by atoms with Crippen molar-refractivity contribution in [3.63, 3.8) is 0 Å². The zero-order valence-corrected chi connectivity index (χ0v) is 16.4. The lowest BCUT2D eigenvalue weighted by Gasteiger charge is -2.16. The smallest absolute Gasteiger partial charge is 0.262 e. The Labute approximate surface area is 177 Å². The summed E-state index contributed by atoms with van der Waals surface area (Å²) in [7, 11) is 0. The van der Waals surface area contributed by atoms with Gasteiger partial charge in [0.2, 0.25) is 5.91 Å². The molecule has 31 heavy (non-hydrogen) atoms. The summed E-state index contributed by atoms with van der Waals surface area (Å²) in [4.78, 5) is 46.8. The molecule has 2 aromatic carbocycles. The van der Waals surface area contributed by atoms with Crippen molar-refractivity contribution >= 4 is 17.7 Å². The summed E-state index contributed by atoms with van der Waals surface area (Å²) >= 11 is 0. The number of benzene rings is 2. The van der Waals surface area contributed by atoms with Gasteiger partial charge in [-0.25, -0.2) is 9.97 Å². The van der Waals surface area contributed by atoms with Crippen molar-refractivity contribution in [2.45, 2.75) is 12.5 Å². The number of rotatable bonds is 5. The van der Waals surface area contributed by atoms with E-state index >= 15 is 0 Å². The van der Waals surface area contributed by atoms with Crippen LogP contribution < -0.4 is 10.1 Å². The molecule has 0 aliphatic carbocycles. The third kappa shape index (κ3) is 3.42. The van der Waals surface area contributed by atoms with Crippen LogP contribution >= 0.6 is 0 Å². The van der Waals surface area contributed by atoms with Gasteiger partial charge in [0.25, 0.3) is 11.8 Å². The molecule has 154 valence electrons. The second-order valence-corrected chi connectivity index (χ2v) is 7.36. The molecule has 0 fully saturated rings. The Hall–Kier alpha value is -4.07. The topological polar surface area (TPSA) is 101 Å². The van der Waals surface area contributed by atoms with E-state index < -0.39 is 17.7 Å². The highest BCUT2D eigenvalue weighted by molar-refractivity contribution is 6.22. The summed E-state index contributed by atoms with van der Waals surface area (Å²) in [5.74, 6) is -0.0239. The Morgan fingerprint density at radius 3 is 2.35 bits per heavy atom. The minimum absolute atomic E-state index is 0.256. The fourth-order valence-electron chi connectivity index (χ4n) is 3.88. The van der Waals surface area contributed by atoms with Crippen molar-refractivity contribution < 1.29 is 19.1 Å². The molecule has 0 saturated carbocycles. The largest absolute Gasteiger partial charge is 0.487 e. The van der Waals surface area contributed by atoms with Gasteiger partial charge in [-0.1, -0.05) is 24.3 Å². The molecule has 8 nitrogen and oxygen atoms in total. The van der Waals surface area contributed by atoms with E-state index in [2.05, 4.69) is 15.3 Å². The number of carbonyl (C=O) groups is 3. The lowest BCUT2D eigenvalue weighted by molar-refractivity contribution is -0.121. The maximum Gasteiger partial charge on any atom is 0.262 e. The molecular weight excluding hydrogens is 396 g/mol. The summed E-state index contributed by atoms with van der Waals surface area (Å²) in [5.41, 5.74) is 2.47. The molecule has 5 rings (SSSR count). The van der Waals surface area contributed by atoms with Crippen LogP contribution in [0.15, 0.2) is 60.9 Å². The van der Waals surface area contributed by atoms with Crippen molar-refractivity contribution in [2.75, 3.05) is 13.1 Å². The van der Waals surface area contributed by atoms with E-state index in [1.54, 1.807) is 42.7 Å². The van der Waals surface area contributed by atoms with Gasteiger partial charge in [0.1, 0.15) is 18.4 Å². The SMILES string of the molecule is O=C(CN1C(=O)c2ccccc2C1=O)NCC1Cc2cccc(-c3ncccn3)c2O1. The normalized spacial score (nSPS) is 16.6. The van der Waals surface area contributed by atoms with Crippen LogP contribution in [0.25, 0.3) is 11.4 Å². The summed E-state index contributed by atoms with van der Waals surface area (Å²) in [5, 5.41) is 2.77. The number of carbonyl (C=O) groups excluding carboxylic acids is 3. The Bertz CT molecular complexity index is 1160. The first kappa shape index (κ1) is 18.9. The third-order valence-corrected chi connectivity index (χ3v) is 5.34. The monoisotopic (exact) mass is 414 g/mol. The van der Waals surface area contributed by atoms with Crippen LogP contribution in [0.2, 0.25) is 0 Å². The molecule has 1 unspecified atom stereocenters. The molecule has 0 bridgehead atoms. The average molecular weight is 414 g/mol. The molecular formula is C23H18N4O4. The first-order valence-corrected chi connectivity index (χ1v) is 9.89. The third-order valence-electron chi connectivity index (χ3n) is 5.34. The summed E-state index contributed by atoms with van der Waals surface area (Å²) < 4.78 is 6.06. The Kier molecular flexibility index (Phi) is 4.66. The second-order valence-electron chi connectivity index (χ2n) is 7.36. The van der Waals surface area contributed by atoms with Gasteiger partial charge in [-0.2, -0.15) is 0 Å². The summed E-state index contributed by atoms with van der Waals surface area (Å²) in [6, 6.07) is 14.1. The van der Waals surface area contributed by atoms with Gasteiger partial charge >= 0.3 is 0 Å². The van der Waals surface area contributed by atoms with E-state index in [-0.39, 0.29) is 19.2 Å². The molecule has 0 spiro atoms. The highest BCUT2D eigenvalue weighted by atomic mass is 16.5. The highest BCUT2D eigenvalue weighted by Crippen LogP contribution is 2.37. The number of ether oxygens (including phenoxy) is 1. The first-order valence-electron chi connectivity index (χ1n) is 9.89. The number of hydrogen-bond donors (Lipinski definition) is 1. The summed E-state index contributed by atoms with van der Waals surface area (Å²) in [6.07, 6.45) is 3.72. The van der Waals surface area contributed by atoms with E-state index in [1.165, 1.54) is 0 Å². The predicted molar refractivity (Wildman–Crippen MR) is 110 cm³/mol. The van der Waals surface area contributed by atoms with Crippen molar-refractivity contribution in [2.24, 2.45) is 0 Å². The summed E-state index contributed by atoms with van der Waals surface area (Å²) in [6.45, 7) is -0.0686. The Morgan fingerprint density at radius 1 is 0.968 bits per heavy atom. The lowest BCUT2D eigenvalue weighted by Crippen LogP contribution is -2.43. The lowest BCUT2D eigenvalue weighted by atomic mass is 10.1. The zero-order chi connectivity index (χ0) is 21.4. The van der Waals surface area contributed by atoms with Crippen molar-refractivity contribution in [3.05, 3.63) is 77.6 Å². The Balaban J connectivity index is 1.21. The molecule has 1 atom stereocenters. The van der Waals surface area contributed by atoms with Gasteiger partial charge in [-0.15, -0.1) is 0 Å². The fourth-order valence-corrected chi connectivity index (χ4v) is 3.88. The molecule has 1 N–H and O–H groups in total. The van der Waals surface area contributed by atoms with E-state index in [4.69, 9.17) is 4.74 Å². The van der Waals surface area contributed by atoms with Gasteiger partial charge in [0.15, 0.2) is 5.82 Å². The average Bonchev–Trinajstić information content (AvgIpc) is 3.33. The number of nitrogens with zero attached hydrogens (tertiary/aromatic N) is 3. The number of hydrogen-bond acceptors (Lipinski definition) is 6. The van der Waals surface area contributed by atoms with E-state index in [1.807, 2.05) is 18.2 Å². The number of fused-ring (bicyclic) bond motifs is 2. The van der Waals surface area contributed by atoms with Gasteiger partial charge < -0.3 is 10.1 Å². The van der Waals surface area contributed by atoms with Crippen LogP contribution in [0, 0.1) is 0 Å².